The Bertz CT molecular complexity index is 652. The van der Waals surface area contributed by atoms with E-state index in [1.807, 2.05) is 4.90 Å². The molecule has 1 atom stereocenters. The van der Waals surface area contributed by atoms with Gasteiger partial charge in [-0.3, -0.25) is 14.5 Å². The third kappa shape index (κ3) is 5.10. The number of amides is 2. The summed E-state index contributed by atoms with van der Waals surface area (Å²) < 4.78 is 43.5. The Morgan fingerprint density at radius 2 is 2.04 bits per heavy atom. The van der Waals surface area contributed by atoms with E-state index in [2.05, 4.69) is 5.32 Å². The molecule has 1 saturated heterocycles. The number of halogens is 3. The fourth-order valence-electron chi connectivity index (χ4n) is 2.87. The zero-order valence-electron chi connectivity index (χ0n) is 14.7. The van der Waals surface area contributed by atoms with E-state index in [4.69, 9.17) is 4.74 Å². The van der Waals surface area contributed by atoms with Crippen molar-refractivity contribution < 1.29 is 27.5 Å². The Morgan fingerprint density at radius 3 is 2.65 bits per heavy atom. The molecule has 0 bridgehead atoms. The molecule has 1 aliphatic heterocycles. The molecule has 1 N–H and O–H groups in total. The number of carbonyl (C=O) groups excluding carboxylic acids is 2. The van der Waals surface area contributed by atoms with Crippen molar-refractivity contribution in [3.05, 3.63) is 29.8 Å². The summed E-state index contributed by atoms with van der Waals surface area (Å²) in [5, 5.41) is 2.55. The fourth-order valence-corrected chi connectivity index (χ4v) is 2.87. The van der Waals surface area contributed by atoms with E-state index in [0.717, 1.165) is 12.1 Å². The molecule has 1 aromatic carbocycles. The summed E-state index contributed by atoms with van der Waals surface area (Å²) in [5.41, 5.74) is -0.759. The largest absolute Gasteiger partial charge is 0.492 e. The van der Waals surface area contributed by atoms with Crippen LogP contribution in [0.5, 0.6) is 5.75 Å². The van der Waals surface area contributed by atoms with Crippen LogP contribution in [-0.4, -0.2) is 67.5 Å². The molecule has 2 rings (SSSR count). The minimum atomic E-state index is -4.41. The Kier molecular flexibility index (Phi) is 6.47. The topological polar surface area (TPSA) is 61.9 Å². The van der Waals surface area contributed by atoms with Gasteiger partial charge in [-0.1, -0.05) is 6.07 Å². The van der Waals surface area contributed by atoms with Crippen LogP contribution in [0.3, 0.4) is 0 Å². The first-order chi connectivity index (χ1) is 12.2. The number of carbonyl (C=O) groups is 2. The molecule has 1 heterocycles. The Labute approximate surface area is 149 Å². The van der Waals surface area contributed by atoms with E-state index in [9.17, 15) is 22.8 Å². The van der Waals surface area contributed by atoms with Crippen molar-refractivity contribution in [2.24, 2.45) is 0 Å². The minimum Gasteiger partial charge on any atom is -0.492 e. The molecule has 0 saturated carbocycles. The second-order valence-electron chi connectivity index (χ2n) is 6.02. The first-order valence-corrected chi connectivity index (χ1v) is 8.23. The average molecular weight is 373 g/mol. The highest BCUT2D eigenvalue weighted by atomic mass is 19.4. The molecule has 1 aliphatic rings. The maximum Gasteiger partial charge on any atom is 0.416 e. The van der Waals surface area contributed by atoms with Gasteiger partial charge < -0.3 is 15.0 Å². The molecule has 1 aromatic rings. The van der Waals surface area contributed by atoms with E-state index >= 15 is 0 Å². The Morgan fingerprint density at radius 1 is 1.31 bits per heavy atom. The van der Waals surface area contributed by atoms with Gasteiger partial charge in [-0.05, 0) is 18.2 Å². The number of piperazine rings is 1. The number of nitrogens with zero attached hydrogens (tertiary/aromatic N) is 2. The van der Waals surface area contributed by atoms with Gasteiger partial charge >= 0.3 is 6.18 Å². The predicted molar refractivity (Wildman–Crippen MR) is 88.6 cm³/mol. The summed E-state index contributed by atoms with van der Waals surface area (Å²) in [6.45, 7) is 3.38. The van der Waals surface area contributed by atoms with Crippen LogP contribution in [0, 0.1) is 0 Å². The number of nitrogens with one attached hydrogen (secondary N) is 1. The Hall–Kier alpha value is -2.29. The lowest BCUT2D eigenvalue weighted by molar-refractivity contribution is -0.142. The fraction of sp³-hybridized carbons (Fsp3) is 0.529. The van der Waals surface area contributed by atoms with Crippen molar-refractivity contribution in [3.63, 3.8) is 0 Å². The highest BCUT2D eigenvalue weighted by Crippen LogP contribution is 2.31. The van der Waals surface area contributed by atoms with Gasteiger partial charge in [0.25, 0.3) is 0 Å². The SMILES string of the molecule is CNC(=O)[C@H]1CN(CCOc2cccc(C(F)(F)F)c2)CCN1C(C)=O. The van der Waals surface area contributed by atoms with Crippen LogP contribution >= 0.6 is 0 Å². The van der Waals surface area contributed by atoms with Gasteiger partial charge in [0, 0.05) is 40.2 Å². The standard InChI is InChI=1S/C17H22F3N3O3/c1-12(24)23-7-6-22(11-15(23)16(25)21-2)8-9-26-14-5-3-4-13(10-14)17(18,19)20/h3-5,10,15H,6-9,11H2,1-2H3,(H,21,25)/t15-/m1/s1. The lowest BCUT2D eigenvalue weighted by atomic mass is 10.1. The third-order valence-corrected chi connectivity index (χ3v) is 4.26. The van der Waals surface area contributed by atoms with Crippen LogP contribution in [0.15, 0.2) is 24.3 Å². The quantitative estimate of drug-likeness (QED) is 0.847. The van der Waals surface area contributed by atoms with Crippen LogP contribution in [0.2, 0.25) is 0 Å². The molecular formula is C17H22F3N3O3. The summed E-state index contributed by atoms with van der Waals surface area (Å²) in [5.74, 6) is -0.271. The van der Waals surface area contributed by atoms with E-state index < -0.39 is 17.8 Å². The molecule has 0 radical (unpaired) electrons. The van der Waals surface area contributed by atoms with Gasteiger partial charge in [-0.25, -0.2) is 0 Å². The molecule has 144 valence electrons. The summed E-state index contributed by atoms with van der Waals surface area (Å²) in [7, 11) is 1.51. The number of hydrogen-bond acceptors (Lipinski definition) is 4. The molecule has 2 amide bonds. The van der Waals surface area contributed by atoms with E-state index in [0.29, 0.717) is 26.2 Å². The van der Waals surface area contributed by atoms with Crippen molar-refractivity contribution in [2.75, 3.05) is 39.8 Å². The zero-order chi connectivity index (χ0) is 19.3. The smallest absolute Gasteiger partial charge is 0.416 e. The van der Waals surface area contributed by atoms with Gasteiger partial charge in [0.1, 0.15) is 18.4 Å². The average Bonchev–Trinajstić information content (AvgIpc) is 2.60. The van der Waals surface area contributed by atoms with Crippen LogP contribution in [0.4, 0.5) is 13.2 Å². The summed E-state index contributed by atoms with van der Waals surface area (Å²) >= 11 is 0. The van der Waals surface area contributed by atoms with Crippen molar-refractivity contribution in [1.82, 2.24) is 15.1 Å². The molecule has 6 nitrogen and oxygen atoms in total. The van der Waals surface area contributed by atoms with Crippen LogP contribution in [0.25, 0.3) is 0 Å². The first kappa shape index (κ1) is 20.0. The van der Waals surface area contributed by atoms with Crippen LogP contribution < -0.4 is 10.1 Å². The second-order valence-corrected chi connectivity index (χ2v) is 6.02. The molecule has 0 aromatic heterocycles. The molecule has 26 heavy (non-hydrogen) atoms. The number of rotatable bonds is 5. The monoisotopic (exact) mass is 373 g/mol. The van der Waals surface area contributed by atoms with Crippen molar-refractivity contribution in [3.8, 4) is 5.75 Å². The van der Waals surface area contributed by atoms with Crippen molar-refractivity contribution >= 4 is 11.8 Å². The van der Waals surface area contributed by atoms with Gasteiger partial charge in [0.05, 0.1) is 5.56 Å². The van der Waals surface area contributed by atoms with E-state index in [-0.39, 0.29) is 24.2 Å². The van der Waals surface area contributed by atoms with Crippen LogP contribution in [-0.2, 0) is 15.8 Å². The molecule has 0 spiro atoms. The molecule has 0 aliphatic carbocycles. The third-order valence-electron chi connectivity index (χ3n) is 4.26. The number of alkyl halides is 3. The van der Waals surface area contributed by atoms with Gasteiger partial charge in [-0.15, -0.1) is 0 Å². The highest BCUT2D eigenvalue weighted by molar-refractivity contribution is 5.87. The molecule has 9 heteroatoms. The zero-order valence-corrected chi connectivity index (χ0v) is 14.7. The molecule has 0 unspecified atom stereocenters. The maximum atomic E-state index is 12.7. The lowest BCUT2D eigenvalue weighted by Gasteiger charge is -2.39. The number of likely N-dealkylation sites (N-methyl/N-ethyl adjacent to an activating group) is 1. The highest BCUT2D eigenvalue weighted by Gasteiger charge is 2.33. The summed E-state index contributed by atoms with van der Waals surface area (Å²) in [6, 6.07) is 4.13. The Balaban J connectivity index is 1.90. The molecule has 1 fully saturated rings. The van der Waals surface area contributed by atoms with Crippen molar-refractivity contribution in [1.29, 1.82) is 0 Å². The van der Waals surface area contributed by atoms with Gasteiger partial charge in [0.2, 0.25) is 11.8 Å². The summed E-state index contributed by atoms with van der Waals surface area (Å²) in [6.07, 6.45) is -4.41. The van der Waals surface area contributed by atoms with E-state index in [1.54, 1.807) is 0 Å². The van der Waals surface area contributed by atoms with E-state index in [1.165, 1.54) is 31.0 Å². The van der Waals surface area contributed by atoms with Gasteiger partial charge in [0.15, 0.2) is 0 Å². The normalized spacial score (nSPS) is 18.5. The van der Waals surface area contributed by atoms with Crippen molar-refractivity contribution in [2.45, 2.75) is 19.1 Å². The maximum absolute atomic E-state index is 12.7. The lowest BCUT2D eigenvalue weighted by Crippen LogP contribution is -2.60. The number of ether oxygens (including phenoxy) is 1. The predicted octanol–water partition coefficient (Wildman–Crippen LogP) is 1.36. The minimum absolute atomic E-state index is 0.144. The summed E-state index contributed by atoms with van der Waals surface area (Å²) in [4.78, 5) is 27.1. The second kappa shape index (κ2) is 8.39. The number of hydrogen-bond donors (Lipinski definition) is 1. The first-order valence-electron chi connectivity index (χ1n) is 8.23. The number of benzene rings is 1. The van der Waals surface area contributed by atoms with Gasteiger partial charge in [-0.2, -0.15) is 13.2 Å². The van der Waals surface area contributed by atoms with Crippen LogP contribution in [0.1, 0.15) is 12.5 Å². The molecular weight excluding hydrogens is 351 g/mol.